The molecular weight excluding hydrogens is 506 g/mol. The van der Waals surface area contributed by atoms with Crippen molar-refractivity contribution in [2.24, 2.45) is 5.41 Å². The Balaban J connectivity index is 1.34. The fraction of sp³-hybridized carbons (Fsp3) is 0.321. The number of anilines is 1. The third-order valence-electron chi connectivity index (χ3n) is 7.92. The van der Waals surface area contributed by atoms with E-state index < -0.39 is 29.6 Å². The lowest BCUT2D eigenvalue weighted by molar-refractivity contribution is -0.118. The third kappa shape index (κ3) is 4.27. The van der Waals surface area contributed by atoms with Crippen LogP contribution >= 0.6 is 0 Å². The summed E-state index contributed by atoms with van der Waals surface area (Å²) in [5.74, 6) is -2.54. The first kappa shape index (κ1) is 24.9. The Bertz CT molecular complexity index is 1600. The minimum absolute atomic E-state index is 0.0377. The van der Waals surface area contributed by atoms with Crippen molar-refractivity contribution in [2.75, 3.05) is 5.32 Å². The van der Waals surface area contributed by atoms with Gasteiger partial charge in [0.2, 0.25) is 5.91 Å². The van der Waals surface area contributed by atoms with Crippen LogP contribution in [-0.2, 0) is 11.2 Å². The highest BCUT2D eigenvalue weighted by Crippen LogP contribution is 2.64. The average molecular weight is 533 g/mol. The van der Waals surface area contributed by atoms with E-state index in [9.17, 15) is 14.0 Å². The molecule has 4 aromatic rings. The van der Waals surface area contributed by atoms with Crippen LogP contribution in [0.5, 0.6) is 0 Å². The molecule has 1 fully saturated rings. The molecule has 2 atom stereocenters. The lowest BCUT2D eigenvalue weighted by Gasteiger charge is -2.29. The van der Waals surface area contributed by atoms with Crippen molar-refractivity contribution < 1.29 is 23.0 Å². The standard InChI is InChI=1S/C28H26F2N6O3/c1-13-11-31-14(2)21(13)24-20(30)9-18(12-32-24)33-27(38)25(34-26(37)23-15(3)35-39-36-23)22-19-5-4-17(29)8-16(19)10-28(22)6-7-28/h4-5,8-9,11-12,22,25,31H,6-7,10H2,1-3H3,(H,33,38)(H,34,37)/t22?,25-/m0/s1. The maximum absolute atomic E-state index is 15.2. The summed E-state index contributed by atoms with van der Waals surface area (Å²) in [6.07, 6.45) is 5.43. The zero-order valence-electron chi connectivity index (χ0n) is 21.6. The van der Waals surface area contributed by atoms with Crippen molar-refractivity contribution in [3.63, 3.8) is 0 Å². The Morgan fingerprint density at radius 2 is 1.95 bits per heavy atom. The lowest BCUT2D eigenvalue weighted by Crippen LogP contribution is -2.49. The summed E-state index contributed by atoms with van der Waals surface area (Å²) in [7, 11) is 0. The molecular formula is C28H26F2N6O3. The number of rotatable bonds is 6. The number of nitrogens with zero attached hydrogens (tertiary/aromatic N) is 3. The van der Waals surface area contributed by atoms with Crippen LogP contribution in [0.2, 0.25) is 0 Å². The van der Waals surface area contributed by atoms with Crippen LogP contribution in [0.25, 0.3) is 11.3 Å². The number of fused-ring (bicyclic) bond motifs is 1. The zero-order valence-corrected chi connectivity index (χ0v) is 21.6. The van der Waals surface area contributed by atoms with Crippen LogP contribution in [0.15, 0.2) is 41.3 Å². The molecule has 2 aliphatic carbocycles. The number of benzene rings is 1. The Kier molecular flexibility index (Phi) is 5.81. The molecule has 2 aliphatic rings. The number of hydrogen-bond donors (Lipinski definition) is 3. The number of aryl methyl sites for hydroxylation is 3. The van der Waals surface area contributed by atoms with Gasteiger partial charge in [-0.15, -0.1) is 0 Å². The fourth-order valence-electron chi connectivity index (χ4n) is 5.91. The lowest BCUT2D eigenvalue weighted by atomic mass is 9.82. The van der Waals surface area contributed by atoms with E-state index in [0.29, 0.717) is 12.0 Å². The highest BCUT2D eigenvalue weighted by atomic mass is 19.1. The monoisotopic (exact) mass is 532 g/mol. The van der Waals surface area contributed by atoms with Gasteiger partial charge in [0.25, 0.3) is 5.91 Å². The SMILES string of the molecule is Cc1c[nH]c(C)c1-c1ncc(NC(=O)[C@@H](NC(=O)c2nonc2C)C2c3ccc(F)cc3CC23CC3)cc1F. The van der Waals surface area contributed by atoms with Gasteiger partial charge in [-0.25, -0.2) is 13.4 Å². The quantitative estimate of drug-likeness (QED) is 0.335. The molecule has 3 heterocycles. The number of carbonyl (C=O) groups is 2. The number of halogens is 2. The van der Waals surface area contributed by atoms with Gasteiger partial charge in [-0.3, -0.25) is 14.6 Å². The molecule has 1 saturated carbocycles. The molecule has 2 amide bonds. The van der Waals surface area contributed by atoms with E-state index in [2.05, 4.69) is 35.5 Å². The molecule has 0 saturated heterocycles. The molecule has 1 unspecified atom stereocenters. The van der Waals surface area contributed by atoms with Gasteiger partial charge in [-0.05, 0) is 79.4 Å². The van der Waals surface area contributed by atoms with Gasteiger partial charge in [0, 0.05) is 29.4 Å². The average Bonchev–Trinajstić information content (AvgIpc) is 3.22. The second-order valence-electron chi connectivity index (χ2n) is 10.5. The highest BCUT2D eigenvalue weighted by molar-refractivity contribution is 6.01. The van der Waals surface area contributed by atoms with Gasteiger partial charge in [0.1, 0.15) is 23.2 Å². The van der Waals surface area contributed by atoms with Gasteiger partial charge < -0.3 is 15.6 Å². The summed E-state index contributed by atoms with van der Waals surface area (Å²) < 4.78 is 33.9. The van der Waals surface area contributed by atoms with Crippen molar-refractivity contribution in [2.45, 2.75) is 52.0 Å². The molecule has 39 heavy (non-hydrogen) atoms. The molecule has 9 nitrogen and oxygen atoms in total. The molecule has 1 spiro atoms. The van der Waals surface area contributed by atoms with Crippen molar-refractivity contribution in [1.82, 2.24) is 25.6 Å². The van der Waals surface area contributed by atoms with E-state index in [1.807, 2.05) is 13.8 Å². The maximum atomic E-state index is 15.2. The molecule has 1 aromatic carbocycles. The highest BCUT2D eigenvalue weighted by Gasteiger charge is 2.58. The molecule has 0 radical (unpaired) electrons. The van der Waals surface area contributed by atoms with Gasteiger partial charge in [0.05, 0.1) is 11.9 Å². The number of aromatic nitrogens is 4. The Labute approximate surface area is 222 Å². The number of carbonyl (C=O) groups excluding carboxylic acids is 2. The van der Waals surface area contributed by atoms with Crippen LogP contribution < -0.4 is 10.6 Å². The molecule has 200 valence electrons. The van der Waals surface area contributed by atoms with E-state index in [0.717, 1.165) is 35.2 Å². The van der Waals surface area contributed by atoms with Crippen LogP contribution in [0.3, 0.4) is 0 Å². The van der Waals surface area contributed by atoms with Crippen molar-refractivity contribution in [1.29, 1.82) is 0 Å². The zero-order chi connectivity index (χ0) is 27.5. The molecule has 3 N–H and O–H groups in total. The summed E-state index contributed by atoms with van der Waals surface area (Å²) in [4.78, 5) is 34.3. The smallest absolute Gasteiger partial charge is 0.276 e. The van der Waals surface area contributed by atoms with E-state index in [1.54, 1.807) is 19.2 Å². The van der Waals surface area contributed by atoms with Crippen molar-refractivity contribution in [3.05, 3.63) is 82.1 Å². The van der Waals surface area contributed by atoms with E-state index in [1.165, 1.54) is 24.4 Å². The first-order chi connectivity index (χ1) is 18.7. The number of pyridine rings is 1. The fourth-order valence-corrected chi connectivity index (χ4v) is 5.91. The second-order valence-corrected chi connectivity index (χ2v) is 10.5. The second kappa shape index (κ2) is 9.11. The minimum atomic E-state index is -1.06. The minimum Gasteiger partial charge on any atom is -0.364 e. The molecule has 3 aromatic heterocycles. The van der Waals surface area contributed by atoms with E-state index in [4.69, 9.17) is 0 Å². The summed E-state index contributed by atoms with van der Waals surface area (Å²) in [6.45, 7) is 5.26. The molecule has 0 bridgehead atoms. The predicted octanol–water partition coefficient (Wildman–Crippen LogP) is 4.52. The van der Waals surface area contributed by atoms with Crippen LogP contribution in [0.1, 0.15) is 57.3 Å². The van der Waals surface area contributed by atoms with Gasteiger partial charge >= 0.3 is 0 Å². The summed E-state index contributed by atoms with van der Waals surface area (Å²) in [6, 6.07) is 4.68. The van der Waals surface area contributed by atoms with Crippen molar-refractivity contribution >= 4 is 17.5 Å². The Hall–Kier alpha value is -4.41. The van der Waals surface area contributed by atoms with E-state index >= 15 is 4.39 Å². The predicted molar refractivity (Wildman–Crippen MR) is 137 cm³/mol. The topological polar surface area (TPSA) is 126 Å². The van der Waals surface area contributed by atoms with Gasteiger partial charge in [-0.1, -0.05) is 11.2 Å². The maximum Gasteiger partial charge on any atom is 0.276 e. The largest absolute Gasteiger partial charge is 0.364 e. The molecule has 11 heteroatoms. The first-order valence-electron chi connectivity index (χ1n) is 12.7. The van der Waals surface area contributed by atoms with Crippen LogP contribution in [0, 0.1) is 37.8 Å². The van der Waals surface area contributed by atoms with Crippen molar-refractivity contribution in [3.8, 4) is 11.3 Å². The molecule has 6 rings (SSSR count). The van der Waals surface area contributed by atoms with Crippen LogP contribution in [0.4, 0.5) is 14.5 Å². The summed E-state index contributed by atoms with van der Waals surface area (Å²) >= 11 is 0. The Morgan fingerprint density at radius 1 is 1.15 bits per heavy atom. The first-order valence-corrected chi connectivity index (χ1v) is 12.7. The number of hydrogen-bond acceptors (Lipinski definition) is 6. The Morgan fingerprint density at radius 3 is 2.59 bits per heavy atom. The summed E-state index contributed by atoms with van der Waals surface area (Å²) in [5, 5.41) is 12.9. The normalized spacial score (nSPS) is 17.6. The van der Waals surface area contributed by atoms with Gasteiger partial charge in [-0.2, -0.15) is 0 Å². The third-order valence-corrected chi connectivity index (χ3v) is 7.92. The van der Waals surface area contributed by atoms with Gasteiger partial charge in [0.15, 0.2) is 11.5 Å². The number of amides is 2. The number of nitrogens with one attached hydrogen (secondary N) is 3. The number of H-pyrrole nitrogens is 1. The van der Waals surface area contributed by atoms with E-state index in [-0.39, 0.29) is 34.0 Å². The molecule has 0 aliphatic heterocycles. The van der Waals surface area contributed by atoms with Crippen LogP contribution in [-0.4, -0.2) is 38.1 Å². The summed E-state index contributed by atoms with van der Waals surface area (Å²) in [5.41, 5.74) is 4.20. The number of aromatic amines is 1.